The Labute approximate surface area is 447 Å². The number of pyridine rings is 1. The number of nitrogens with zero attached hydrogens (tertiary/aromatic N) is 5. The molecule has 5 aromatic rings. The van der Waals surface area contributed by atoms with Crippen LogP contribution in [0.2, 0.25) is 0 Å². The Bertz CT molecular complexity index is 3060. The van der Waals surface area contributed by atoms with E-state index < -0.39 is 84.6 Å². The van der Waals surface area contributed by atoms with Crippen molar-refractivity contribution >= 4 is 65.7 Å². The number of hydrogen-bond donors (Lipinski definition) is 8. The third-order valence-electron chi connectivity index (χ3n) is 15.2. The number of carbonyl (C=O) groups is 7. The van der Waals surface area contributed by atoms with Crippen LogP contribution in [0.3, 0.4) is 0 Å². The smallest absolute Gasteiger partial charge is 0.370 e. The molecule has 4 atom stereocenters. The van der Waals surface area contributed by atoms with E-state index >= 15 is 4.79 Å². The predicted molar refractivity (Wildman–Crippen MR) is 281 cm³/mol. The van der Waals surface area contributed by atoms with Gasteiger partial charge in [0.25, 0.3) is 5.91 Å². The van der Waals surface area contributed by atoms with E-state index in [9.17, 15) is 51.9 Å². The number of piperidine rings is 1. The molecule has 24 heteroatoms. The van der Waals surface area contributed by atoms with Gasteiger partial charge >= 0.3 is 19.3 Å². The number of urea groups is 1. The first kappa shape index (κ1) is 55.3. The number of halogens is 2. The molecule has 0 radical (unpaired) electrons. The molecule has 0 unspecified atom stereocenters. The fraction of sp³-hybridized carbons (Fsp3) is 0.407. The first-order chi connectivity index (χ1) is 37.3. The highest BCUT2D eigenvalue weighted by molar-refractivity contribution is 7.52. The van der Waals surface area contributed by atoms with Crippen LogP contribution >= 0.6 is 7.60 Å². The molecule has 4 fully saturated rings. The van der Waals surface area contributed by atoms with Gasteiger partial charge in [-0.2, -0.15) is 8.78 Å². The van der Waals surface area contributed by atoms with Gasteiger partial charge < -0.3 is 46.3 Å². The molecule has 412 valence electrons. The van der Waals surface area contributed by atoms with E-state index in [0.717, 1.165) is 54.8 Å². The molecule has 0 bridgehead atoms. The summed E-state index contributed by atoms with van der Waals surface area (Å²) in [6.07, 6.45) is 5.83. The fourth-order valence-electron chi connectivity index (χ4n) is 11.1. The van der Waals surface area contributed by atoms with E-state index in [-0.39, 0.29) is 67.2 Å². The van der Waals surface area contributed by atoms with Crippen LogP contribution in [0.15, 0.2) is 103 Å². The van der Waals surface area contributed by atoms with E-state index in [0.29, 0.717) is 38.2 Å². The molecule has 9 rings (SSSR count). The van der Waals surface area contributed by atoms with Crippen LogP contribution in [0, 0.1) is 5.92 Å². The number of amides is 8. The Hall–Kier alpha value is -7.43. The Morgan fingerprint density at radius 3 is 2.21 bits per heavy atom. The predicted octanol–water partition coefficient (Wildman–Crippen LogP) is 3.97. The first-order valence-electron chi connectivity index (χ1n) is 26.0. The van der Waals surface area contributed by atoms with Crippen molar-refractivity contribution < 1.29 is 56.7 Å². The van der Waals surface area contributed by atoms with Crippen LogP contribution in [0.25, 0.3) is 10.9 Å². The van der Waals surface area contributed by atoms with Gasteiger partial charge in [0, 0.05) is 74.3 Å². The molecular weight excluding hydrogens is 1030 g/mol. The summed E-state index contributed by atoms with van der Waals surface area (Å²) in [6, 6.07) is 19.4. The number of nitrogens with two attached hydrogens (primary N) is 1. The Kier molecular flexibility index (Phi) is 16.8. The highest BCUT2D eigenvalue weighted by atomic mass is 31.2. The molecular formula is C54H62F2N11O10P. The van der Waals surface area contributed by atoms with Gasteiger partial charge in [0.2, 0.25) is 29.5 Å². The zero-order valence-electron chi connectivity index (χ0n) is 42.6. The van der Waals surface area contributed by atoms with Crippen molar-refractivity contribution in [1.82, 2.24) is 45.9 Å². The van der Waals surface area contributed by atoms with Crippen LogP contribution in [-0.2, 0) is 40.7 Å². The summed E-state index contributed by atoms with van der Waals surface area (Å²) in [7, 11) is -5.90. The minimum atomic E-state index is -5.90. The summed E-state index contributed by atoms with van der Waals surface area (Å²) in [5.74, 6) is -3.38. The molecule has 4 aliphatic heterocycles. The lowest BCUT2D eigenvalue weighted by atomic mass is 9.94. The van der Waals surface area contributed by atoms with Crippen molar-refractivity contribution in [2.45, 2.75) is 93.8 Å². The molecule has 6 heterocycles. The molecule has 4 aliphatic rings. The molecule has 0 spiro atoms. The van der Waals surface area contributed by atoms with Gasteiger partial charge in [-0.3, -0.25) is 53.4 Å². The van der Waals surface area contributed by atoms with Crippen LogP contribution in [0.1, 0.15) is 90.2 Å². The molecule has 78 heavy (non-hydrogen) atoms. The number of imide groups is 1. The summed E-state index contributed by atoms with van der Waals surface area (Å²) in [5, 5.41) is 11.2. The van der Waals surface area contributed by atoms with Gasteiger partial charge in [0.15, 0.2) is 0 Å². The van der Waals surface area contributed by atoms with Crippen LogP contribution in [0.5, 0.6) is 0 Å². The second kappa shape index (κ2) is 23.7. The number of likely N-dealkylation sites (tertiary alicyclic amines) is 1. The topological polar surface area (TPSA) is 293 Å². The number of carbonyl (C=O) groups excluding carboxylic acids is 7. The minimum Gasteiger partial charge on any atom is -0.370 e. The van der Waals surface area contributed by atoms with Gasteiger partial charge in [-0.15, -0.1) is 0 Å². The third kappa shape index (κ3) is 12.6. The minimum absolute atomic E-state index is 0.0337. The summed E-state index contributed by atoms with van der Waals surface area (Å²) < 4.78 is 41.2. The van der Waals surface area contributed by atoms with Gasteiger partial charge in [-0.05, 0) is 98.5 Å². The molecule has 0 saturated carbocycles. The lowest BCUT2D eigenvalue weighted by molar-refractivity contribution is -0.144. The summed E-state index contributed by atoms with van der Waals surface area (Å²) >= 11 is 0. The molecule has 8 amide bonds. The standard InChI is InChI=1S/C54H62F2N11O10P/c55-54(56,78(75,76)77)38-11-13-40-37(27-38)28-42(59-40)50(71)61-43-32-65(30-33-18-23-64(24-19-33)31-36-17-22-58-29-45(36)66-26-21-47(69)62-53(66)74)25-20-39-12-15-44(67(39)52(43)73)51(72)60-41(14-16-46(57)68)49(70)63-48(34-7-3-1-4-8-34)35-9-5-2-6-10-35/h1-11,13,17,22,27-29,33,39,41,43-44,48,59H,12,14-16,18-21,23-26,30-32H2,(H2,57,68)(H,60,72)(H,61,71)(H,63,70)(H,62,69,74)(H2,75,76,77)/t39-,41+,43+,44+/m1/s1. The zero-order valence-corrected chi connectivity index (χ0v) is 43.5. The SMILES string of the molecule is NC(=O)CC[C@H](NC(=O)[C@@H]1CC[C@@H]2CCN(CC3CCN(Cc4ccncc4N4CCC(=O)NC4=O)CC3)C[C@H](NC(=O)c3cc4cc(C(F)(F)P(=O)(O)O)ccc4[nH]3)C(=O)N21)C(=O)NC(c1ccccc1)c1ccccc1. The molecule has 4 saturated heterocycles. The molecule has 3 aromatic carbocycles. The number of aromatic amines is 1. The summed E-state index contributed by atoms with van der Waals surface area (Å²) in [4.78, 5) is 128. The third-order valence-corrected chi connectivity index (χ3v) is 16.2. The number of alkyl halides is 2. The number of H-pyrrole nitrogens is 1. The van der Waals surface area contributed by atoms with Crippen molar-refractivity contribution in [3.8, 4) is 0 Å². The van der Waals surface area contributed by atoms with Crippen molar-refractivity contribution in [3.63, 3.8) is 0 Å². The number of fused-ring (bicyclic) bond motifs is 2. The van der Waals surface area contributed by atoms with Crippen LogP contribution in [-0.4, -0.2) is 139 Å². The number of benzene rings is 3. The lowest BCUT2D eigenvalue weighted by Gasteiger charge is -2.41. The normalized spacial score (nSPS) is 20.4. The lowest BCUT2D eigenvalue weighted by Crippen LogP contribution is -2.61. The van der Waals surface area contributed by atoms with Gasteiger partial charge in [-0.1, -0.05) is 66.7 Å². The van der Waals surface area contributed by atoms with E-state index in [4.69, 9.17) is 5.73 Å². The monoisotopic (exact) mass is 1090 g/mol. The summed E-state index contributed by atoms with van der Waals surface area (Å²) in [6.45, 7) is 3.32. The number of rotatable bonds is 18. The van der Waals surface area contributed by atoms with Crippen molar-refractivity contribution in [2.75, 3.05) is 44.2 Å². The maximum absolute atomic E-state index is 15.1. The largest absolute Gasteiger partial charge is 0.399 e. The molecule has 9 N–H and O–H groups in total. The molecule has 21 nitrogen and oxygen atoms in total. The maximum Gasteiger partial charge on any atom is 0.399 e. The second-order valence-corrected chi connectivity index (χ2v) is 22.1. The highest BCUT2D eigenvalue weighted by Crippen LogP contribution is 2.59. The average Bonchev–Trinajstić information content (AvgIpc) is 4.09. The average molecular weight is 1090 g/mol. The van der Waals surface area contributed by atoms with Gasteiger partial charge in [-0.25, -0.2) is 4.79 Å². The number of aromatic nitrogens is 2. The van der Waals surface area contributed by atoms with E-state index in [1.54, 1.807) is 12.4 Å². The Morgan fingerprint density at radius 2 is 1.54 bits per heavy atom. The Balaban J connectivity index is 0.928. The maximum atomic E-state index is 15.1. The van der Waals surface area contributed by atoms with E-state index in [1.165, 1.54) is 21.9 Å². The molecule has 2 aromatic heterocycles. The fourth-order valence-corrected chi connectivity index (χ4v) is 11.5. The number of anilines is 1. The number of primary amides is 1. The quantitative estimate of drug-likeness (QED) is 0.0578. The highest BCUT2D eigenvalue weighted by Gasteiger charge is 2.51. The van der Waals surface area contributed by atoms with Crippen LogP contribution in [0.4, 0.5) is 19.3 Å². The first-order valence-corrected chi connectivity index (χ1v) is 27.6. The van der Waals surface area contributed by atoms with E-state index in [1.807, 2.05) is 66.7 Å². The van der Waals surface area contributed by atoms with Crippen molar-refractivity contribution in [1.29, 1.82) is 0 Å². The van der Waals surface area contributed by atoms with Crippen molar-refractivity contribution in [3.05, 3.63) is 131 Å². The van der Waals surface area contributed by atoms with Crippen LogP contribution < -0.4 is 31.9 Å². The zero-order chi connectivity index (χ0) is 55.3. The second-order valence-electron chi connectivity index (χ2n) is 20.4. The van der Waals surface area contributed by atoms with Crippen molar-refractivity contribution in [2.24, 2.45) is 11.7 Å². The summed E-state index contributed by atoms with van der Waals surface area (Å²) in [5.41, 5.74) is 3.25. The number of hydrogen-bond acceptors (Lipinski definition) is 11. The van der Waals surface area contributed by atoms with Gasteiger partial charge in [0.1, 0.15) is 23.8 Å². The van der Waals surface area contributed by atoms with Gasteiger partial charge in [0.05, 0.1) is 17.9 Å². The van der Waals surface area contributed by atoms with E-state index in [2.05, 4.69) is 41.0 Å². The Morgan fingerprint density at radius 1 is 0.846 bits per heavy atom. The number of nitrogens with one attached hydrogen (secondary N) is 5. The molecule has 0 aliphatic carbocycles.